The van der Waals surface area contributed by atoms with Crippen LogP contribution in [0.5, 0.6) is 0 Å². The number of piperidine rings is 1. The number of thiazole rings is 1. The maximum absolute atomic E-state index is 6.10. The minimum absolute atomic E-state index is 0. The number of hydrogen-bond donors (Lipinski definition) is 1. The van der Waals surface area contributed by atoms with E-state index < -0.39 is 0 Å². The number of hydrogen-bond acceptors (Lipinski definition) is 4. The van der Waals surface area contributed by atoms with Crippen molar-refractivity contribution in [3.05, 3.63) is 39.1 Å². The molecule has 6 nitrogen and oxygen atoms in total. The zero-order chi connectivity index (χ0) is 20.1. The molecule has 1 aliphatic rings. The van der Waals surface area contributed by atoms with Gasteiger partial charge in [0.2, 0.25) is 0 Å². The predicted octanol–water partition coefficient (Wildman–Crippen LogP) is 3.98. The number of halogens is 2. The van der Waals surface area contributed by atoms with Crippen LogP contribution in [0.3, 0.4) is 0 Å². The van der Waals surface area contributed by atoms with Crippen LogP contribution in [0.15, 0.2) is 22.6 Å². The number of nitrogens with one attached hydrogen (secondary N) is 1. The Morgan fingerprint density at radius 2 is 2.14 bits per heavy atom. The Labute approximate surface area is 200 Å². The number of likely N-dealkylation sites (tertiary alicyclic amines) is 1. The quantitative estimate of drug-likeness (QED) is 0.336. The first kappa shape index (κ1) is 24.4. The molecule has 162 valence electrons. The van der Waals surface area contributed by atoms with Gasteiger partial charge in [-0.3, -0.25) is 9.89 Å². The van der Waals surface area contributed by atoms with Crippen molar-refractivity contribution < 1.29 is 0 Å². The molecule has 0 aromatic carbocycles. The largest absolute Gasteiger partial charge is 0.356 e. The molecule has 0 aliphatic carbocycles. The molecule has 9 heteroatoms. The fourth-order valence-corrected chi connectivity index (χ4v) is 4.60. The van der Waals surface area contributed by atoms with Gasteiger partial charge in [0, 0.05) is 51.5 Å². The van der Waals surface area contributed by atoms with Gasteiger partial charge >= 0.3 is 0 Å². The van der Waals surface area contributed by atoms with Crippen LogP contribution in [-0.2, 0) is 20.1 Å². The zero-order valence-electron chi connectivity index (χ0n) is 17.7. The summed E-state index contributed by atoms with van der Waals surface area (Å²) in [5.74, 6) is 1.61. The minimum atomic E-state index is 0. The van der Waals surface area contributed by atoms with Crippen LogP contribution in [0, 0.1) is 12.8 Å². The number of aryl methyl sites for hydroxylation is 2. The van der Waals surface area contributed by atoms with E-state index in [4.69, 9.17) is 11.6 Å². The molecule has 0 spiro atoms. The second-order valence-corrected chi connectivity index (χ2v) is 9.12. The lowest BCUT2D eigenvalue weighted by molar-refractivity contribution is 0.176. The highest BCUT2D eigenvalue weighted by atomic mass is 127. The maximum Gasteiger partial charge on any atom is 0.193 e. The number of aliphatic imine (C=N–C) groups is 1. The second kappa shape index (κ2) is 11.5. The Balaban J connectivity index is 0.00000300. The van der Waals surface area contributed by atoms with Gasteiger partial charge in [-0.15, -0.1) is 35.3 Å². The summed E-state index contributed by atoms with van der Waals surface area (Å²) in [5, 5.41) is 7.67. The molecule has 2 aromatic rings. The molecule has 0 saturated carbocycles. The minimum Gasteiger partial charge on any atom is -0.356 e. The van der Waals surface area contributed by atoms with Crippen molar-refractivity contribution in [2.45, 2.75) is 32.9 Å². The summed E-state index contributed by atoms with van der Waals surface area (Å²) in [6.07, 6.45) is 4.36. The van der Waals surface area contributed by atoms with Gasteiger partial charge < -0.3 is 14.8 Å². The standard InChI is InChI=1S/C20H31ClN6S.HI/c1-15-24-18(14-28-15)12-27-7-5-16(6-8-27)10-23-20(22-2)26(4)13-19-9-17(21)11-25(19)3;/h9,11,14,16H,5-8,10,12-13H2,1-4H3,(H,22,23);1H. The monoisotopic (exact) mass is 550 g/mol. The van der Waals surface area contributed by atoms with Gasteiger partial charge in [-0.25, -0.2) is 4.98 Å². The highest BCUT2D eigenvalue weighted by Crippen LogP contribution is 2.19. The highest BCUT2D eigenvalue weighted by molar-refractivity contribution is 14.0. The average Bonchev–Trinajstić information content (AvgIpc) is 3.21. The van der Waals surface area contributed by atoms with E-state index in [0.29, 0.717) is 5.92 Å². The van der Waals surface area contributed by atoms with Crippen LogP contribution in [0.1, 0.15) is 29.2 Å². The Kier molecular flexibility index (Phi) is 9.71. The van der Waals surface area contributed by atoms with Gasteiger partial charge in [-0.2, -0.15) is 0 Å². The van der Waals surface area contributed by atoms with E-state index >= 15 is 0 Å². The van der Waals surface area contributed by atoms with Gasteiger partial charge in [0.15, 0.2) is 5.96 Å². The molecular formula is C20H32ClIN6S. The van der Waals surface area contributed by atoms with Crippen molar-refractivity contribution >= 4 is 52.9 Å². The van der Waals surface area contributed by atoms with E-state index in [-0.39, 0.29) is 24.0 Å². The summed E-state index contributed by atoms with van der Waals surface area (Å²) in [5.41, 5.74) is 2.38. The molecule has 3 heterocycles. The number of rotatable bonds is 6. The van der Waals surface area contributed by atoms with Gasteiger partial charge in [-0.1, -0.05) is 11.6 Å². The van der Waals surface area contributed by atoms with E-state index in [1.54, 1.807) is 11.3 Å². The summed E-state index contributed by atoms with van der Waals surface area (Å²) < 4.78 is 2.06. The topological polar surface area (TPSA) is 48.7 Å². The summed E-state index contributed by atoms with van der Waals surface area (Å²) >= 11 is 7.83. The predicted molar refractivity (Wildman–Crippen MR) is 134 cm³/mol. The Bertz CT molecular complexity index is 797. The van der Waals surface area contributed by atoms with E-state index in [1.807, 2.05) is 26.4 Å². The summed E-state index contributed by atoms with van der Waals surface area (Å²) in [4.78, 5) is 13.7. The SMILES string of the molecule is CN=C(NCC1CCN(Cc2csc(C)n2)CC1)N(C)Cc1cc(Cl)cn1C.I. The fourth-order valence-electron chi connectivity index (χ4n) is 3.72. The first-order valence-electron chi connectivity index (χ1n) is 9.80. The molecule has 1 fully saturated rings. The van der Waals surface area contributed by atoms with Crippen LogP contribution in [-0.4, -0.2) is 59.0 Å². The van der Waals surface area contributed by atoms with E-state index in [1.165, 1.54) is 24.2 Å². The van der Waals surface area contributed by atoms with Crippen molar-refractivity contribution in [2.24, 2.45) is 18.0 Å². The highest BCUT2D eigenvalue weighted by Gasteiger charge is 2.20. The molecule has 1 saturated heterocycles. The molecule has 0 unspecified atom stereocenters. The number of guanidine groups is 1. The zero-order valence-corrected chi connectivity index (χ0v) is 21.6. The van der Waals surface area contributed by atoms with E-state index in [0.717, 1.165) is 48.7 Å². The third-order valence-electron chi connectivity index (χ3n) is 5.36. The molecule has 2 aromatic heterocycles. The third-order valence-corrected chi connectivity index (χ3v) is 6.38. The van der Waals surface area contributed by atoms with Gasteiger partial charge in [-0.05, 0) is 44.8 Å². The first-order chi connectivity index (χ1) is 13.4. The van der Waals surface area contributed by atoms with Gasteiger partial charge in [0.1, 0.15) is 0 Å². The van der Waals surface area contributed by atoms with E-state index in [9.17, 15) is 0 Å². The Hall–Kier alpha value is -0.840. The van der Waals surface area contributed by atoms with Crippen LogP contribution >= 0.6 is 46.9 Å². The second-order valence-electron chi connectivity index (χ2n) is 7.62. The fraction of sp³-hybridized carbons (Fsp3) is 0.600. The lowest BCUT2D eigenvalue weighted by Crippen LogP contribution is -2.43. The molecule has 0 radical (unpaired) electrons. The Morgan fingerprint density at radius 1 is 1.41 bits per heavy atom. The molecule has 3 rings (SSSR count). The van der Waals surface area contributed by atoms with Gasteiger partial charge in [0.25, 0.3) is 0 Å². The number of nitrogens with zero attached hydrogens (tertiary/aromatic N) is 5. The maximum atomic E-state index is 6.10. The molecular weight excluding hydrogens is 519 g/mol. The van der Waals surface area contributed by atoms with Crippen LogP contribution < -0.4 is 5.32 Å². The van der Waals surface area contributed by atoms with Crippen molar-refractivity contribution in [2.75, 3.05) is 33.7 Å². The smallest absolute Gasteiger partial charge is 0.193 e. The van der Waals surface area contributed by atoms with Crippen molar-refractivity contribution in [3.8, 4) is 0 Å². The van der Waals surface area contributed by atoms with Crippen LogP contribution in [0.4, 0.5) is 0 Å². The molecule has 1 aliphatic heterocycles. The molecule has 0 bridgehead atoms. The Morgan fingerprint density at radius 3 is 2.69 bits per heavy atom. The van der Waals surface area contributed by atoms with Crippen molar-refractivity contribution in [3.63, 3.8) is 0 Å². The molecule has 0 amide bonds. The van der Waals surface area contributed by atoms with Crippen LogP contribution in [0.2, 0.25) is 5.02 Å². The molecule has 0 atom stereocenters. The van der Waals surface area contributed by atoms with Crippen LogP contribution in [0.25, 0.3) is 0 Å². The normalized spacial score (nSPS) is 16.0. The van der Waals surface area contributed by atoms with Crippen molar-refractivity contribution in [1.82, 2.24) is 24.7 Å². The first-order valence-corrected chi connectivity index (χ1v) is 11.1. The summed E-state index contributed by atoms with van der Waals surface area (Å²) in [7, 11) is 5.93. The van der Waals surface area contributed by atoms with Crippen molar-refractivity contribution in [1.29, 1.82) is 0 Å². The lowest BCUT2D eigenvalue weighted by atomic mass is 9.97. The van der Waals surface area contributed by atoms with Gasteiger partial charge in [0.05, 0.1) is 22.3 Å². The van der Waals surface area contributed by atoms with E-state index in [2.05, 4.69) is 49.0 Å². The summed E-state index contributed by atoms with van der Waals surface area (Å²) in [6, 6.07) is 2.00. The number of aromatic nitrogens is 2. The third kappa shape index (κ3) is 7.11. The lowest BCUT2D eigenvalue weighted by Gasteiger charge is -2.32. The molecule has 1 N–H and O–H groups in total. The average molecular weight is 551 g/mol. The molecule has 29 heavy (non-hydrogen) atoms. The summed E-state index contributed by atoms with van der Waals surface area (Å²) in [6.45, 7) is 7.07.